The van der Waals surface area contributed by atoms with E-state index in [0.717, 1.165) is 53.7 Å². The van der Waals surface area contributed by atoms with Crippen LogP contribution in [0.3, 0.4) is 0 Å². The average molecular weight is 523 g/mol. The van der Waals surface area contributed by atoms with Gasteiger partial charge in [0.25, 0.3) is 0 Å². The second-order valence-corrected chi connectivity index (χ2v) is 9.61. The maximum absolute atomic E-state index is 12.3. The number of imidazole rings is 1. The monoisotopic (exact) mass is 522 g/mol. The van der Waals surface area contributed by atoms with E-state index in [1.54, 1.807) is 7.11 Å². The zero-order valence-corrected chi connectivity index (χ0v) is 23.4. The Labute approximate surface area is 225 Å². The van der Waals surface area contributed by atoms with Gasteiger partial charge < -0.3 is 25.6 Å². The molecule has 0 saturated heterocycles. The summed E-state index contributed by atoms with van der Waals surface area (Å²) < 4.78 is 7.83. The molecule has 1 aliphatic carbocycles. The Kier molecular flexibility index (Phi) is 10.1. The highest BCUT2D eigenvalue weighted by molar-refractivity contribution is 5.88. The second kappa shape index (κ2) is 13.3. The molecule has 10 heteroatoms. The SMILES string of the molecule is C=CC(=O)NC1=CC(NC(N)N/C(=C\CC)c2nc(C)c3ccccn23)=C(OC)CC1N(C)CCN(C)C. The van der Waals surface area contributed by atoms with Crippen LogP contribution in [-0.2, 0) is 9.53 Å². The van der Waals surface area contributed by atoms with Crippen LogP contribution in [0.2, 0.25) is 0 Å². The smallest absolute Gasteiger partial charge is 0.247 e. The third-order valence-corrected chi connectivity index (χ3v) is 6.47. The lowest BCUT2D eigenvalue weighted by Crippen LogP contribution is -2.50. The molecule has 1 amide bonds. The van der Waals surface area contributed by atoms with Gasteiger partial charge in [0.05, 0.1) is 35.8 Å². The first-order valence-corrected chi connectivity index (χ1v) is 12.9. The summed E-state index contributed by atoms with van der Waals surface area (Å²) in [5.74, 6) is 1.28. The summed E-state index contributed by atoms with van der Waals surface area (Å²) in [7, 11) is 7.77. The molecule has 0 spiro atoms. The molecular weight excluding hydrogens is 480 g/mol. The predicted molar refractivity (Wildman–Crippen MR) is 152 cm³/mol. The minimum atomic E-state index is -0.653. The number of rotatable bonds is 13. The molecule has 2 aromatic heterocycles. The molecule has 0 aliphatic heterocycles. The van der Waals surface area contributed by atoms with Crippen LogP contribution in [0.1, 0.15) is 31.3 Å². The van der Waals surface area contributed by atoms with Crippen molar-refractivity contribution in [2.24, 2.45) is 5.73 Å². The fourth-order valence-electron chi connectivity index (χ4n) is 4.44. The van der Waals surface area contributed by atoms with Crippen LogP contribution >= 0.6 is 0 Å². The van der Waals surface area contributed by atoms with E-state index in [2.05, 4.69) is 45.3 Å². The number of carbonyl (C=O) groups excluding carboxylic acids is 1. The van der Waals surface area contributed by atoms with Gasteiger partial charge in [-0.2, -0.15) is 0 Å². The quantitative estimate of drug-likeness (QED) is 0.234. The van der Waals surface area contributed by atoms with Crippen LogP contribution < -0.4 is 21.7 Å². The Balaban J connectivity index is 1.85. The molecular formula is C28H42N8O2. The zero-order valence-electron chi connectivity index (χ0n) is 23.4. The fraction of sp³-hybridized carbons (Fsp3) is 0.429. The molecule has 0 aromatic carbocycles. The van der Waals surface area contributed by atoms with E-state index >= 15 is 0 Å². The number of likely N-dealkylation sites (N-methyl/N-ethyl adjacent to an activating group) is 2. The molecule has 0 saturated carbocycles. The number of methoxy groups -OCH3 is 1. The summed E-state index contributed by atoms with van der Waals surface area (Å²) in [6.07, 6.45) is 7.94. The van der Waals surface area contributed by atoms with E-state index in [4.69, 9.17) is 15.5 Å². The molecule has 206 valence electrons. The number of nitrogens with one attached hydrogen (secondary N) is 3. The Hall–Kier alpha value is -3.60. The number of aromatic nitrogens is 2. The molecule has 2 unspecified atom stereocenters. The van der Waals surface area contributed by atoms with E-state index in [0.29, 0.717) is 12.1 Å². The normalized spacial score (nSPS) is 17.0. The van der Waals surface area contributed by atoms with E-state index < -0.39 is 6.29 Å². The lowest BCUT2D eigenvalue weighted by molar-refractivity contribution is -0.116. The topological polar surface area (TPSA) is 112 Å². The highest BCUT2D eigenvalue weighted by atomic mass is 16.5. The Morgan fingerprint density at radius 3 is 2.76 bits per heavy atom. The van der Waals surface area contributed by atoms with Crippen LogP contribution in [0, 0.1) is 6.92 Å². The molecule has 2 aromatic rings. The molecule has 0 bridgehead atoms. The van der Waals surface area contributed by atoms with Crippen molar-refractivity contribution < 1.29 is 9.53 Å². The second-order valence-electron chi connectivity index (χ2n) is 9.61. The first-order chi connectivity index (χ1) is 18.2. The highest BCUT2D eigenvalue weighted by Crippen LogP contribution is 2.26. The van der Waals surface area contributed by atoms with Gasteiger partial charge in [-0.15, -0.1) is 0 Å². The Morgan fingerprint density at radius 2 is 2.11 bits per heavy atom. The standard InChI is InChI=1S/C28H42N8O2/c1-8-12-20(27-30-19(3)23-13-10-11-14-36(23)27)32-28(29)33-22-17-21(31-26(37)9-2)24(18-25(22)38-7)35(6)16-15-34(4)5/h9-14,17,24,28,32-33H,2,8,15-16,18,29H2,1,3-7H3,(H,31,37)/b20-12-. The maximum Gasteiger partial charge on any atom is 0.247 e. The van der Waals surface area contributed by atoms with Crippen molar-refractivity contribution in [2.45, 2.75) is 39.0 Å². The molecule has 2 atom stereocenters. The van der Waals surface area contributed by atoms with Crippen LogP contribution in [0.4, 0.5) is 0 Å². The number of pyridine rings is 1. The van der Waals surface area contributed by atoms with Crippen molar-refractivity contribution in [3.05, 3.63) is 77.9 Å². The number of carbonyl (C=O) groups is 1. The van der Waals surface area contributed by atoms with Gasteiger partial charge in [0.15, 0.2) is 12.1 Å². The van der Waals surface area contributed by atoms with Gasteiger partial charge in [-0.3, -0.25) is 19.8 Å². The van der Waals surface area contributed by atoms with E-state index in [-0.39, 0.29) is 11.9 Å². The van der Waals surface area contributed by atoms with Crippen LogP contribution in [0.15, 0.2) is 66.4 Å². The van der Waals surface area contributed by atoms with Gasteiger partial charge >= 0.3 is 0 Å². The molecule has 10 nitrogen and oxygen atoms in total. The summed E-state index contributed by atoms with van der Waals surface area (Å²) in [5.41, 5.74) is 10.8. The summed E-state index contributed by atoms with van der Waals surface area (Å²) in [4.78, 5) is 21.4. The van der Waals surface area contributed by atoms with Crippen molar-refractivity contribution in [2.75, 3.05) is 41.3 Å². The Morgan fingerprint density at radius 1 is 1.34 bits per heavy atom. The molecule has 0 radical (unpaired) electrons. The molecule has 3 rings (SSSR count). The third kappa shape index (κ3) is 7.03. The van der Waals surface area contributed by atoms with Crippen molar-refractivity contribution >= 4 is 17.1 Å². The molecule has 38 heavy (non-hydrogen) atoms. The largest absolute Gasteiger partial charge is 0.499 e. The van der Waals surface area contributed by atoms with E-state index in [1.807, 2.05) is 62.9 Å². The number of ether oxygens (including phenoxy) is 1. The van der Waals surface area contributed by atoms with Crippen LogP contribution in [0.5, 0.6) is 0 Å². The van der Waals surface area contributed by atoms with Crippen LogP contribution in [-0.4, -0.2) is 78.8 Å². The van der Waals surface area contributed by atoms with Crippen molar-refractivity contribution in [1.82, 2.24) is 35.1 Å². The summed E-state index contributed by atoms with van der Waals surface area (Å²) in [6, 6.07) is 5.95. The zero-order chi connectivity index (χ0) is 27.8. The van der Waals surface area contributed by atoms with Crippen molar-refractivity contribution in [1.29, 1.82) is 0 Å². The van der Waals surface area contributed by atoms with Gasteiger partial charge in [-0.05, 0) is 58.8 Å². The highest BCUT2D eigenvalue weighted by Gasteiger charge is 2.29. The number of nitrogens with two attached hydrogens (primary N) is 1. The van der Waals surface area contributed by atoms with Gasteiger partial charge in [-0.1, -0.05) is 25.6 Å². The molecule has 0 fully saturated rings. The number of hydrogen-bond donors (Lipinski definition) is 4. The number of nitrogens with zero attached hydrogens (tertiary/aromatic N) is 4. The Bertz CT molecular complexity index is 1230. The minimum absolute atomic E-state index is 0.0710. The summed E-state index contributed by atoms with van der Waals surface area (Å²) in [6.45, 7) is 9.37. The van der Waals surface area contributed by atoms with Gasteiger partial charge in [0, 0.05) is 31.4 Å². The third-order valence-electron chi connectivity index (χ3n) is 6.47. The molecule has 1 aliphatic rings. The lowest BCUT2D eigenvalue weighted by atomic mass is 9.99. The van der Waals surface area contributed by atoms with Crippen molar-refractivity contribution in [3.8, 4) is 0 Å². The predicted octanol–water partition coefficient (Wildman–Crippen LogP) is 2.12. The summed E-state index contributed by atoms with van der Waals surface area (Å²) >= 11 is 0. The number of hydrogen-bond acceptors (Lipinski definition) is 8. The van der Waals surface area contributed by atoms with Crippen molar-refractivity contribution in [3.63, 3.8) is 0 Å². The number of fused-ring (bicyclic) bond motifs is 1. The fourth-order valence-corrected chi connectivity index (χ4v) is 4.44. The summed E-state index contributed by atoms with van der Waals surface area (Å²) in [5, 5.41) is 9.68. The van der Waals surface area contributed by atoms with Gasteiger partial charge in [0.1, 0.15) is 5.76 Å². The number of amides is 1. The van der Waals surface area contributed by atoms with Crippen LogP contribution in [0.25, 0.3) is 11.2 Å². The minimum Gasteiger partial charge on any atom is -0.499 e. The molecule has 5 N–H and O–H groups in total. The van der Waals surface area contributed by atoms with E-state index in [1.165, 1.54) is 6.08 Å². The maximum atomic E-state index is 12.3. The average Bonchev–Trinajstić information content (AvgIpc) is 3.23. The van der Waals surface area contributed by atoms with E-state index in [9.17, 15) is 4.79 Å². The van der Waals surface area contributed by atoms with Gasteiger partial charge in [0.2, 0.25) is 5.91 Å². The first-order valence-electron chi connectivity index (χ1n) is 12.9. The van der Waals surface area contributed by atoms with Gasteiger partial charge in [-0.25, -0.2) is 4.98 Å². The number of aryl methyl sites for hydroxylation is 1. The lowest BCUT2D eigenvalue weighted by Gasteiger charge is -2.35. The first kappa shape index (κ1) is 29.0. The number of allylic oxidation sites excluding steroid dienone is 2. The molecule has 2 heterocycles.